The Bertz CT molecular complexity index is 2040. The van der Waals surface area contributed by atoms with Crippen molar-refractivity contribution in [3.05, 3.63) is 76.5 Å². The van der Waals surface area contributed by atoms with Crippen LogP contribution in [0, 0.1) is 5.82 Å². The number of carbonyl (C=O) groups excluding carboxylic acids is 2. The van der Waals surface area contributed by atoms with Gasteiger partial charge in [-0.2, -0.15) is 5.10 Å². The Kier molecular flexibility index (Phi) is 7.09. The molecule has 2 aromatic heterocycles. The average Bonchev–Trinajstić information content (AvgIpc) is 3.83. The number of amidine groups is 1. The number of H-pyrrole nitrogens is 1. The standard InChI is InChI=1S/C30H25ClF2N8O4/c31-25-17(4-5-21-28(25)36-13-35-21)18-2-1-3-20(26(18)33)37-30(43)23-8-16(32)9-40(23)24(42)10-41-22-7-15-12-45-11-14(15)6-19(22)27(38-41)29(34)39-44/h1-7,13,16,23,44H,8-12H2,(H2,34,39)(H,35,36)(H,37,43)/t16-,23+/m1/s1. The summed E-state index contributed by atoms with van der Waals surface area (Å²) in [6.45, 7) is 0.0871. The van der Waals surface area contributed by atoms with Gasteiger partial charge in [0.25, 0.3) is 0 Å². The average molecular weight is 635 g/mol. The van der Waals surface area contributed by atoms with E-state index in [0.717, 1.165) is 16.0 Å². The Hall–Kier alpha value is -5.08. The monoisotopic (exact) mass is 634 g/mol. The third-order valence-electron chi connectivity index (χ3n) is 8.17. The van der Waals surface area contributed by atoms with Crippen LogP contribution in [0.3, 0.4) is 0 Å². The predicted octanol–water partition coefficient (Wildman–Crippen LogP) is 4.07. The van der Waals surface area contributed by atoms with Gasteiger partial charge < -0.3 is 30.9 Å². The molecular weight excluding hydrogens is 610 g/mol. The Labute approximate surface area is 258 Å². The summed E-state index contributed by atoms with van der Waals surface area (Å²) in [7, 11) is 0. The molecule has 5 N–H and O–H groups in total. The van der Waals surface area contributed by atoms with Crippen LogP contribution in [0.15, 0.2) is 53.9 Å². The fourth-order valence-corrected chi connectivity index (χ4v) is 6.28. The third kappa shape index (κ3) is 4.91. The first-order chi connectivity index (χ1) is 21.7. The summed E-state index contributed by atoms with van der Waals surface area (Å²) >= 11 is 6.52. The van der Waals surface area contributed by atoms with Crippen LogP contribution in [0.1, 0.15) is 23.2 Å². The number of hydrogen-bond donors (Lipinski definition) is 4. The smallest absolute Gasteiger partial charge is 0.247 e. The summed E-state index contributed by atoms with van der Waals surface area (Å²) in [5.41, 5.74) is 9.88. The first kappa shape index (κ1) is 28.7. The number of nitrogens with two attached hydrogens (primary N) is 1. The molecule has 1 fully saturated rings. The largest absolute Gasteiger partial charge is 0.409 e. The van der Waals surface area contributed by atoms with Gasteiger partial charge in [-0.1, -0.05) is 35.0 Å². The van der Waals surface area contributed by atoms with Crippen LogP contribution >= 0.6 is 11.6 Å². The van der Waals surface area contributed by atoms with Crippen LogP contribution in [-0.2, 0) is 34.1 Å². The number of anilines is 1. The van der Waals surface area contributed by atoms with E-state index in [4.69, 9.17) is 22.1 Å². The van der Waals surface area contributed by atoms with E-state index in [1.54, 1.807) is 18.2 Å². The molecule has 2 amide bonds. The first-order valence-corrected chi connectivity index (χ1v) is 14.3. The molecule has 0 saturated carbocycles. The van der Waals surface area contributed by atoms with E-state index >= 15 is 4.39 Å². The van der Waals surface area contributed by atoms with Crippen molar-refractivity contribution in [1.82, 2.24) is 24.6 Å². The first-order valence-electron chi connectivity index (χ1n) is 14.0. The quantitative estimate of drug-likeness (QED) is 0.0946. The molecule has 4 heterocycles. The van der Waals surface area contributed by atoms with Crippen molar-refractivity contribution in [3.8, 4) is 11.1 Å². The number of halogens is 3. The lowest BCUT2D eigenvalue weighted by molar-refractivity contribution is -0.137. The minimum absolute atomic E-state index is 0.134. The van der Waals surface area contributed by atoms with Gasteiger partial charge in [-0.3, -0.25) is 14.3 Å². The number of alkyl halides is 1. The molecule has 3 aromatic carbocycles. The number of oxime groups is 1. The van der Waals surface area contributed by atoms with Crippen molar-refractivity contribution >= 4 is 56.9 Å². The molecule has 5 aromatic rings. The number of ether oxygens (including phenoxy) is 1. The molecule has 0 bridgehead atoms. The van der Waals surface area contributed by atoms with E-state index in [9.17, 15) is 19.2 Å². The lowest BCUT2D eigenvalue weighted by atomic mass is 10.0. The van der Waals surface area contributed by atoms with Gasteiger partial charge in [0.2, 0.25) is 11.8 Å². The number of hydrogen-bond acceptors (Lipinski definition) is 7. The molecule has 1 saturated heterocycles. The van der Waals surface area contributed by atoms with Crippen molar-refractivity contribution in [2.75, 3.05) is 11.9 Å². The van der Waals surface area contributed by atoms with Gasteiger partial charge in [0.05, 0.1) is 47.8 Å². The van der Waals surface area contributed by atoms with Crippen molar-refractivity contribution in [1.29, 1.82) is 0 Å². The number of aromatic amines is 1. The second-order valence-corrected chi connectivity index (χ2v) is 11.3. The number of likely N-dealkylation sites (tertiary alicyclic amines) is 1. The fraction of sp³-hybridized carbons (Fsp3) is 0.233. The van der Waals surface area contributed by atoms with E-state index in [-0.39, 0.29) is 47.3 Å². The molecule has 0 aliphatic carbocycles. The van der Waals surface area contributed by atoms with Gasteiger partial charge in [-0.15, -0.1) is 0 Å². The van der Waals surface area contributed by atoms with Crippen molar-refractivity contribution in [2.24, 2.45) is 10.9 Å². The van der Waals surface area contributed by atoms with Gasteiger partial charge in [0.1, 0.15) is 30.0 Å². The zero-order valence-electron chi connectivity index (χ0n) is 23.4. The van der Waals surface area contributed by atoms with Crippen molar-refractivity contribution in [2.45, 2.75) is 38.4 Å². The van der Waals surface area contributed by atoms with Crippen LogP contribution in [0.5, 0.6) is 0 Å². The molecule has 12 nitrogen and oxygen atoms in total. The molecule has 2 atom stereocenters. The maximum Gasteiger partial charge on any atom is 0.247 e. The summed E-state index contributed by atoms with van der Waals surface area (Å²) in [5.74, 6) is -2.32. The second kappa shape index (κ2) is 11.1. The van der Waals surface area contributed by atoms with E-state index in [0.29, 0.717) is 40.7 Å². The maximum atomic E-state index is 15.8. The molecule has 0 spiro atoms. The number of nitrogens with zero attached hydrogens (tertiary/aromatic N) is 5. The van der Waals surface area contributed by atoms with Gasteiger partial charge in [0.15, 0.2) is 11.7 Å². The Morgan fingerprint density at radius 2 is 2.00 bits per heavy atom. The Morgan fingerprint density at radius 1 is 1.20 bits per heavy atom. The van der Waals surface area contributed by atoms with Crippen LogP contribution in [0.25, 0.3) is 33.1 Å². The number of aromatic nitrogens is 4. The van der Waals surface area contributed by atoms with Crippen molar-refractivity contribution < 1.29 is 28.3 Å². The van der Waals surface area contributed by atoms with E-state index in [1.807, 2.05) is 12.1 Å². The van der Waals surface area contributed by atoms with E-state index in [1.165, 1.54) is 23.1 Å². The molecule has 0 unspecified atom stereocenters. The minimum atomic E-state index is -1.47. The highest BCUT2D eigenvalue weighted by Gasteiger charge is 2.40. The van der Waals surface area contributed by atoms with Gasteiger partial charge >= 0.3 is 0 Å². The second-order valence-electron chi connectivity index (χ2n) is 10.9. The molecule has 230 valence electrons. The molecule has 0 radical (unpaired) electrons. The number of amides is 2. The Morgan fingerprint density at radius 3 is 2.80 bits per heavy atom. The highest BCUT2D eigenvalue weighted by Crippen LogP contribution is 2.36. The summed E-state index contributed by atoms with van der Waals surface area (Å²) in [6, 6.07) is 10.2. The van der Waals surface area contributed by atoms with Crippen LogP contribution < -0.4 is 11.1 Å². The zero-order valence-corrected chi connectivity index (χ0v) is 24.2. The number of imidazole rings is 1. The molecule has 7 rings (SSSR count). The van der Waals surface area contributed by atoms with Gasteiger partial charge in [0, 0.05) is 22.9 Å². The highest BCUT2D eigenvalue weighted by atomic mass is 35.5. The predicted molar refractivity (Wildman–Crippen MR) is 161 cm³/mol. The van der Waals surface area contributed by atoms with E-state index < -0.39 is 29.8 Å². The van der Waals surface area contributed by atoms with Crippen LogP contribution in [-0.4, -0.2) is 66.3 Å². The molecule has 2 aliphatic rings. The molecule has 45 heavy (non-hydrogen) atoms. The fourth-order valence-electron chi connectivity index (χ4n) is 5.97. The van der Waals surface area contributed by atoms with Crippen molar-refractivity contribution in [3.63, 3.8) is 0 Å². The van der Waals surface area contributed by atoms with Crippen LogP contribution in [0.4, 0.5) is 14.5 Å². The lowest BCUT2D eigenvalue weighted by Crippen LogP contribution is -2.44. The number of rotatable bonds is 6. The lowest BCUT2D eigenvalue weighted by Gasteiger charge is -2.24. The summed E-state index contributed by atoms with van der Waals surface area (Å²) in [6.07, 6.45) is -0.253. The summed E-state index contributed by atoms with van der Waals surface area (Å²) < 4.78 is 37.4. The van der Waals surface area contributed by atoms with Crippen LogP contribution in [0.2, 0.25) is 5.02 Å². The summed E-state index contributed by atoms with van der Waals surface area (Å²) in [4.78, 5) is 35.2. The highest BCUT2D eigenvalue weighted by molar-refractivity contribution is 6.37. The number of fused-ring (bicyclic) bond motifs is 3. The minimum Gasteiger partial charge on any atom is -0.409 e. The maximum absolute atomic E-state index is 15.8. The summed E-state index contributed by atoms with van der Waals surface area (Å²) in [5, 5.41) is 20.1. The topological polar surface area (TPSA) is 164 Å². The third-order valence-corrected chi connectivity index (χ3v) is 8.55. The normalized spacial score (nSPS) is 18.2. The number of benzene rings is 3. The molecule has 2 aliphatic heterocycles. The number of carbonyl (C=O) groups is 2. The van der Waals surface area contributed by atoms with Gasteiger partial charge in [-0.25, -0.2) is 13.8 Å². The van der Waals surface area contributed by atoms with Gasteiger partial charge in [-0.05, 0) is 35.4 Å². The molecular formula is C30H25ClF2N8O4. The Balaban J connectivity index is 1.15. The zero-order chi connectivity index (χ0) is 31.4. The molecule has 15 heteroatoms. The van der Waals surface area contributed by atoms with E-state index in [2.05, 4.69) is 25.5 Å². The number of nitrogens with one attached hydrogen (secondary N) is 2. The SMILES string of the molecule is N/C(=N\O)c1nn(CC(=O)N2C[C@H](F)C[C@H]2C(=O)Nc2cccc(-c3ccc4[nH]cnc4c3Cl)c2F)c2cc3c(cc12)COC3.